The molecule has 0 atom stereocenters. The molecule has 0 saturated heterocycles. The number of aromatic nitrogens is 2. The van der Waals surface area contributed by atoms with Crippen molar-refractivity contribution in [3.63, 3.8) is 0 Å². The highest BCUT2D eigenvalue weighted by molar-refractivity contribution is 5.03. The van der Waals surface area contributed by atoms with Crippen LogP contribution in [0.3, 0.4) is 0 Å². The molecule has 1 aromatic rings. The minimum atomic E-state index is 0.208. The largest absolute Gasteiger partial charge is 0.331 e. The van der Waals surface area contributed by atoms with Gasteiger partial charge in [-0.15, -0.1) is 0 Å². The van der Waals surface area contributed by atoms with Crippen LogP contribution in [-0.2, 0) is 6.54 Å². The van der Waals surface area contributed by atoms with Gasteiger partial charge in [-0.3, -0.25) is 0 Å². The first kappa shape index (κ1) is 6.35. The van der Waals surface area contributed by atoms with Crippen LogP contribution in [0.5, 0.6) is 0 Å². The maximum atomic E-state index is 6.57. The van der Waals surface area contributed by atoms with Gasteiger partial charge in [0.1, 0.15) is 0 Å². The van der Waals surface area contributed by atoms with E-state index in [1.54, 1.807) is 0 Å². The highest BCUT2D eigenvalue weighted by atomic mass is 16.5. The van der Waals surface area contributed by atoms with Gasteiger partial charge in [0, 0.05) is 5.92 Å². The molecule has 0 spiro atoms. The molecule has 1 heterocycles. The molecule has 1 aliphatic rings. The van der Waals surface area contributed by atoms with E-state index in [-0.39, 0.29) is 6.54 Å². The van der Waals surface area contributed by atoms with E-state index in [4.69, 9.17) is 11.1 Å². The molecule has 2 rings (SSSR count). The zero-order chi connectivity index (χ0) is 7.68. The van der Waals surface area contributed by atoms with Gasteiger partial charge in [0.05, 0.1) is 0 Å². The molecule has 56 valence electrons. The van der Waals surface area contributed by atoms with E-state index in [0.717, 1.165) is 18.7 Å². The summed E-state index contributed by atoms with van der Waals surface area (Å²) in [4.78, 5) is 7.22. The molecule has 0 N–H and O–H groups in total. The van der Waals surface area contributed by atoms with Crippen molar-refractivity contribution in [2.75, 3.05) is 0 Å². The van der Waals surface area contributed by atoms with Gasteiger partial charge in [-0.1, -0.05) is 5.16 Å². The molecule has 4 heteroatoms. The molecule has 0 bridgehead atoms. The lowest BCUT2D eigenvalue weighted by Gasteiger charge is -1.77. The van der Waals surface area contributed by atoms with Gasteiger partial charge < -0.3 is 9.37 Å². The minimum Gasteiger partial charge on any atom is -0.331 e. The topological polar surface area (TPSA) is 43.3 Å². The van der Waals surface area contributed by atoms with E-state index in [9.17, 15) is 0 Å². The van der Waals surface area contributed by atoms with Gasteiger partial charge in [0.2, 0.25) is 0 Å². The average Bonchev–Trinajstić information content (AvgIpc) is 2.75. The summed E-state index contributed by atoms with van der Waals surface area (Å²) in [6.07, 6.45) is 2.33. The summed E-state index contributed by atoms with van der Waals surface area (Å²) in [5.74, 6) is 1.74. The lowest BCUT2D eigenvalue weighted by Crippen LogP contribution is -1.82. The Morgan fingerprint density at radius 3 is 3.09 bits per heavy atom. The second kappa shape index (κ2) is 2.35. The molecule has 0 aromatic carbocycles. The van der Waals surface area contributed by atoms with Gasteiger partial charge in [-0.2, -0.15) is 4.98 Å². The standard InChI is InChI=1S/C7H7N3O/c1-8-4-6-9-7(10-11-6)5-2-3-5/h5H,2-4H2. The van der Waals surface area contributed by atoms with Crippen LogP contribution in [-0.4, -0.2) is 10.1 Å². The lowest BCUT2D eigenvalue weighted by atomic mass is 10.4. The van der Waals surface area contributed by atoms with Gasteiger partial charge in [0.25, 0.3) is 6.54 Å². The van der Waals surface area contributed by atoms with E-state index in [1.807, 2.05) is 0 Å². The first-order valence-electron chi connectivity index (χ1n) is 3.56. The van der Waals surface area contributed by atoms with Crippen molar-refractivity contribution in [2.24, 2.45) is 0 Å². The SMILES string of the molecule is [C-]#[N+]Cc1nc(C2CC2)no1. The maximum absolute atomic E-state index is 6.57. The van der Waals surface area contributed by atoms with Crippen molar-refractivity contribution in [3.8, 4) is 0 Å². The van der Waals surface area contributed by atoms with Crippen molar-refractivity contribution in [2.45, 2.75) is 25.3 Å². The Morgan fingerprint density at radius 2 is 2.45 bits per heavy atom. The predicted molar refractivity (Wildman–Crippen MR) is 36.6 cm³/mol. The summed E-state index contributed by atoms with van der Waals surface area (Å²) in [6, 6.07) is 0. The number of hydrogen-bond donors (Lipinski definition) is 0. The molecule has 0 unspecified atom stereocenters. The molecular formula is C7H7N3O. The Balaban J connectivity index is 2.13. The van der Waals surface area contributed by atoms with Crippen LogP contribution in [0, 0.1) is 6.57 Å². The number of rotatable bonds is 2. The normalized spacial score (nSPS) is 16.3. The first-order chi connectivity index (χ1) is 5.40. The van der Waals surface area contributed by atoms with E-state index >= 15 is 0 Å². The average molecular weight is 149 g/mol. The van der Waals surface area contributed by atoms with Crippen LogP contribution in [0.2, 0.25) is 0 Å². The third kappa shape index (κ3) is 1.22. The smallest absolute Gasteiger partial charge is 0.306 e. The molecule has 1 fully saturated rings. The summed E-state index contributed by atoms with van der Waals surface area (Å²) in [7, 11) is 0. The molecule has 1 aliphatic carbocycles. The van der Waals surface area contributed by atoms with Crippen molar-refractivity contribution in [1.29, 1.82) is 0 Å². The van der Waals surface area contributed by atoms with Crippen LogP contribution in [0.25, 0.3) is 4.85 Å². The Labute approximate surface area is 64.0 Å². The molecule has 0 aliphatic heterocycles. The van der Waals surface area contributed by atoms with Gasteiger partial charge in [0.15, 0.2) is 5.82 Å². The maximum Gasteiger partial charge on any atom is 0.306 e. The zero-order valence-electron chi connectivity index (χ0n) is 5.95. The molecule has 0 radical (unpaired) electrons. The highest BCUT2D eigenvalue weighted by Gasteiger charge is 2.28. The second-order valence-electron chi connectivity index (χ2n) is 2.64. The van der Waals surface area contributed by atoms with E-state index < -0.39 is 0 Å². The Bertz CT molecular complexity index is 295. The summed E-state index contributed by atoms with van der Waals surface area (Å²) >= 11 is 0. The molecule has 1 saturated carbocycles. The van der Waals surface area contributed by atoms with Crippen LogP contribution >= 0.6 is 0 Å². The van der Waals surface area contributed by atoms with Crippen LogP contribution in [0.1, 0.15) is 30.5 Å². The zero-order valence-corrected chi connectivity index (χ0v) is 5.95. The predicted octanol–water partition coefficient (Wildman–Crippen LogP) is 1.37. The Hall–Kier alpha value is -1.37. The van der Waals surface area contributed by atoms with Gasteiger partial charge in [-0.05, 0) is 12.8 Å². The monoisotopic (exact) mass is 149 g/mol. The quantitative estimate of drug-likeness (QED) is 0.596. The minimum absolute atomic E-state index is 0.208. The Kier molecular flexibility index (Phi) is 1.35. The van der Waals surface area contributed by atoms with Crippen LogP contribution in [0.15, 0.2) is 4.52 Å². The molecule has 0 amide bonds. The third-order valence-corrected chi connectivity index (χ3v) is 1.64. The van der Waals surface area contributed by atoms with Crippen molar-refractivity contribution in [1.82, 2.24) is 10.1 Å². The van der Waals surface area contributed by atoms with Crippen LogP contribution in [0.4, 0.5) is 0 Å². The van der Waals surface area contributed by atoms with E-state index in [0.29, 0.717) is 11.8 Å². The summed E-state index contributed by atoms with van der Waals surface area (Å²) in [6.45, 7) is 6.78. The third-order valence-electron chi connectivity index (χ3n) is 1.64. The number of nitrogens with zero attached hydrogens (tertiary/aromatic N) is 3. The molecule has 11 heavy (non-hydrogen) atoms. The summed E-state index contributed by atoms with van der Waals surface area (Å²) < 4.78 is 4.83. The molecule has 1 aromatic heterocycles. The van der Waals surface area contributed by atoms with E-state index in [1.165, 1.54) is 0 Å². The van der Waals surface area contributed by atoms with Gasteiger partial charge in [-0.25, -0.2) is 6.57 Å². The highest BCUT2D eigenvalue weighted by Crippen LogP contribution is 2.38. The molecule has 4 nitrogen and oxygen atoms in total. The van der Waals surface area contributed by atoms with Crippen molar-refractivity contribution < 1.29 is 4.52 Å². The summed E-state index contributed by atoms with van der Waals surface area (Å²) in [5, 5.41) is 3.77. The second-order valence-corrected chi connectivity index (χ2v) is 2.64. The fourth-order valence-electron chi connectivity index (χ4n) is 0.907. The summed E-state index contributed by atoms with van der Waals surface area (Å²) in [5.41, 5.74) is 0. The van der Waals surface area contributed by atoms with Crippen molar-refractivity contribution in [3.05, 3.63) is 23.1 Å². The fraction of sp³-hybridized carbons (Fsp3) is 0.571. The van der Waals surface area contributed by atoms with Crippen molar-refractivity contribution >= 4 is 0 Å². The Morgan fingerprint density at radius 1 is 1.64 bits per heavy atom. The lowest BCUT2D eigenvalue weighted by molar-refractivity contribution is 0.380. The number of hydrogen-bond acceptors (Lipinski definition) is 3. The van der Waals surface area contributed by atoms with E-state index in [2.05, 4.69) is 15.0 Å². The van der Waals surface area contributed by atoms with Gasteiger partial charge >= 0.3 is 5.89 Å². The first-order valence-corrected chi connectivity index (χ1v) is 3.56. The molecular weight excluding hydrogens is 142 g/mol. The van der Waals surface area contributed by atoms with Crippen LogP contribution < -0.4 is 0 Å². The fourth-order valence-corrected chi connectivity index (χ4v) is 0.907.